The number of hydrogen-bond donors (Lipinski definition) is 1. The molecule has 1 unspecified atom stereocenters. The molecule has 9 nitrogen and oxygen atoms in total. The van der Waals surface area contributed by atoms with E-state index in [0.29, 0.717) is 31.3 Å². The van der Waals surface area contributed by atoms with Crippen molar-refractivity contribution < 1.29 is 27.5 Å². The molecule has 0 aromatic heterocycles. The van der Waals surface area contributed by atoms with E-state index < -0.39 is 28.5 Å². The van der Waals surface area contributed by atoms with E-state index in [4.69, 9.17) is 9.47 Å². The van der Waals surface area contributed by atoms with Crippen LogP contribution in [0.15, 0.2) is 108 Å². The topological polar surface area (TPSA) is 105 Å². The molecule has 0 bridgehead atoms. The van der Waals surface area contributed by atoms with Crippen LogP contribution < -0.4 is 19.1 Å². The second kappa shape index (κ2) is 15.0. The molecule has 0 aliphatic carbocycles. The van der Waals surface area contributed by atoms with Gasteiger partial charge in [0.25, 0.3) is 10.0 Å². The zero-order chi connectivity index (χ0) is 32.5. The number of benzene rings is 4. The van der Waals surface area contributed by atoms with E-state index in [0.717, 1.165) is 27.4 Å². The van der Waals surface area contributed by atoms with Gasteiger partial charge in [-0.3, -0.25) is 13.9 Å². The molecular weight excluding hydrogens is 602 g/mol. The predicted molar refractivity (Wildman–Crippen MR) is 177 cm³/mol. The van der Waals surface area contributed by atoms with Gasteiger partial charge in [0.05, 0.1) is 10.6 Å². The van der Waals surface area contributed by atoms with Crippen molar-refractivity contribution in [2.75, 3.05) is 30.6 Å². The third kappa shape index (κ3) is 7.69. The van der Waals surface area contributed by atoms with Gasteiger partial charge in [0.1, 0.15) is 25.8 Å². The quantitative estimate of drug-likeness (QED) is 0.217. The van der Waals surface area contributed by atoms with Crippen LogP contribution in [0.25, 0.3) is 0 Å². The zero-order valence-corrected chi connectivity index (χ0v) is 26.9. The molecule has 5 rings (SSSR count). The van der Waals surface area contributed by atoms with Gasteiger partial charge in [-0.05, 0) is 54.3 Å². The van der Waals surface area contributed by atoms with E-state index >= 15 is 0 Å². The monoisotopic (exact) mass is 641 g/mol. The van der Waals surface area contributed by atoms with E-state index in [-0.39, 0.29) is 29.5 Å². The number of nitrogens with zero attached hydrogens (tertiary/aromatic N) is 2. The average Bonchev–Trinajstić information content (AvgIpc) is 3.08. The minimum Gasteiger partial charge on any atom is -0.486 e. The average molecular weight is 642 g/mol. The zero-order valence-electron chi connectivity index (χ0n) is 26.1. The SMILES string of the molecule is CCCNC(=O)C(Cc1ccccc1)N(Cc1ccccc1C)C(=O)CN(c1ccc2c(c1)OCCO2)S(=O)(=O)c1ccccc1. The summed E-state index contributed by atoms with van der Waals surface area (Å²) in [6.07, 6.45) is 0.978. The van der Waals surface area contributed by atoms with Crippen molar-refractivity contribution in [2.24, 2.45) is 0 Å². The summed E-state index contributed by atoms with van der Waals surface area (Å²) in [5.41, 5.74) is 2.93. The molecule has 0 radical (unpaired) electrons. The molecule has 0 spiro atoms. The van der Waals surface area contributed by atoms with Crippen molar-refractivity contribution in [1.82, 2.24) is 10.2 Å². The van der Waals surface area contributed by atoms with Gasteiger partial charge >= 0.3 is 0 Å². The van der Waals surface area contributed by atoms with Crippen molar-refractivity contribution in [2.45, 2.75) is 44.2 Å². The van der Waals surface area contributed by atoms with Crippen LogP contribution >= 0.6 is 0 Å². The lowest BCUT2D eigenvalue weighted by Crippen LogP contribution is -2.53. The second-order valence-corrected chi connectivity index (χ2v) is 13.0. The maximum atomic E-state index is 14.6. The first-order valence-corrected chi connectivity index (χ1v) is 16.8. The van der Waals surface area contributed by atoms with Crippen LogP contribution in [0.3, 0.4) is 0 Å². The van der Waals surface area contributed by atoms with Crippen LogP contribution in [-0.4, -0.2) is 57.5 Å². The molecule has 240 valence electrons. The fraction of sp³-hybridized carbons (Fsp3) is 0.278. The molecule has 4 aromatic rings. The Morgan fingerprint density at radius 3 is 2.20 bits per heavy atom. The van der Waals surface area contributed by atoms with E-state index in [1.807, 2.05) is 68.4 Å². The Balaban J connectivity index is 1.58. The molecule has 1 aliphatic heterocycles. The van der Waals surface area contributed by atoms with Gasteiger partial charge in [-0.2, -0.15) is 0 Å². The lowest BCUT2D eigenvalue weighted by Gasteiger charge is -2.34. The van der Waals surface area contributed by atoms with Crippen LogP contribution in [0.5, 0.6) is 11.5 Å². The molecule has 10 heteroatoms. The Labute approximate surface area is 270 Å². The van der Waals surface area contributed by atoms with E-state index in [2.05, 4.69) is 5.32 Å². The number of hydrogen-bond acceptors (Lipinski definition) is 6. The molecule has 4 aromatic carbocycles. The first-order chi connectivity index (χ1) is 22.3. The predicted octanol–water partition coefficient (Wildman–Crippen LogP) is 5.13. The highest BCUT2D eigenvalue weighted by Gasteiger charge is 2.35. The Morgan fingerprint density at radius 2 is 1.50 bits per heavy atom. The van der Waals surface area contributed by atoms with Gasteiger partial charge in [-0.1, -0.05) is 79.7 Å². The van der Waals surface area contributed by atoms with Crippen molar-refractivity contribution in [3.63, 3.8) is 0 Å². The molecule has 0 saturated carbocycles. The number of fused-ring (bicyclic) bond motifs is 1. The standard InChI is InChI=1S/C36H39N3O6S/c1-3-20-37-36(41)32(23-28-13-6-4-7-14-28)38(25-29-15-11-10-12-27(29)2)35(40)26-39(46(42,43)31-16-8-5-9-17-31)30-18-19-33-34(24-30)45-22-21-44-33/h4-19,24,32H,3,20-23,25-26H2,1-2H3,(H,37,41). The van der Waals surface area contributed by atoms with Gasteiger partial charge < -0.3 is 19.7 Å². The van der Waals surface area contributed by atoms with Crippen LogP contribution in [0, 0.1) is 6.92 Å². The number of carbonyl (C=O) groups excluding carboxylic acids is 2. The fourth-order valence-electron chi connectivity index (χ4n) is 5.33. The van der Waals surface area contributed by atoms with Crippen molar-refractivity contribution in [1.29, 1.82) is 0 Å². The van der Waals surface area contributed by atoms with Gasteiger partial charge in [0.15, 0.2) is 11.5 Å². The summed E-state index contributed by atoms with van der Waals surface area (Å²) in [6, 6.07) is 29.1. The Morgan fingerprint density at radius 1 is 0.848 bits per heavy atom. The summed E-state index contributed by atoms with van der Waals surface area (Å²) in [7, 11) is -4.22. The minimum absolute atomic E-state index is 0.0321. The molecule has 0 saturated heterocycles. The number of anilines is 1. The van der Waals surface area contributed by atoms with Gasteiger partial charge in [0.2, 0.25) is 11.8 Å². The number of amides is 2. The highest BCUT2D eigenvalue weighted by Crippen LogP contribution is 2.36. The number of carbonyl (C=O) groups is 2. The van der Waals surface area contributed by atoms with Crippen molar-refractivity contribution >= 4 is 27.5 Å². The first-order valence-electron chi connectivity index (χ1n) is 15.4. The number of sulfonamides is 1. The van der Waals surface area contributed by atoms with Gasteiger partial charge in [-0.25, -0.2) is 8.42 Å². The second-order valence-electron chi connectivity index (χ2n) is 11.1. The number of aryl methyl sites for hydroxylation is 1. The lowest BCUT2D eigenvalue weighted by atomic mass is 10.0. The smallest absolute Gasteiger partial charge is 0.264 e. The summed E-state index contributed by atoms with van der Waals surface area (Å²) in [5, 5.41) is 2.97. The number of nitrogens with one attached hydrogen (secondary N) is 1. The van der Waals surface area contributed by atoms with Crippen LogP contribution in [-0.2, 0) is 32.6 Å². The Hall–Kier alpha value is -4.83. The van der Waals surface area contributed by atoms with Crippen LogP contribution in [0.1, 0.15) is 30.0 Å². The summed E-state index contributed by atoms with van der Waals surface area (Å²) in [5.74, 6) is 0.0619. The normalized spacial score (nSPS) is 13.0. The molecule has 1 heterocycles. The van der Waals surface area contributed by atoms with Crippen LogP contribution in [0.2, 0.25) is 0 Å². The molecular formula is C36H39N3O6S. The molecule has 1 N–H and O–H groups in total. The Bertz CT molecular complexity index is 1750. The van der Waals surface area contributed by atoms with E-state index in [1.54, 1.807) is 36.4 Å². The van der Waals surface area contributed by atoms with E-state index in [9.17, 15) is 18.0 Å². The minimum atomic E-state index is -4.22. The summed E-state index contributed by atoms with van der Waals surface area (Å²) in [6.45, 7) is 4.62. The van der Waals surface area contributed by atoms with Crippen molar-refractivity contribution in [3.05, 3.63) is 120 Å². The molecule has 1 aliphatic rings. The van der Waals surface area contributed by atoms with Gasteiger partial charge in [-0.15, -0.1) is 0 Å². The van der Waals surface area contributed by atoms with Crippen LogP contribution in [0.4, 0.5) is 5.69 Å². The molecule has 2 amide bonds. The highest BCUT2D eigenvalue weighted by molar-refractivity contribution is 7.92. The molecule has 0 fully saturated rings. The van der Waals surface area contributed by atoms with Crippen molar-refractivity contribution in [3.8, 4) is 11.5 Å². The van der Waals surface area contributed by atoms with Gasteiger partial charge in [0, 0.05) is 25.6 Å². The molecule has 46 heavy (non-hydrogen) atoms. The third-order valence-corrected chi connectivity index (χ3v) is 9.63. The number of rotatable bonds is 13. The lowest BCUT2D eigenvalue weighted by molar-refractivity contribution is -0.140. The highest BCUT2D eigenvalue weighted by atomic mass is 32.2. The fourth-order valence-corrected chi connectivity index (χ4v) is 6.75. The van der Waals surface area contributed by atoms with E-state index in [1.165, 1.54) is 17.0 Å². The summed E-state index contributed by atoms with van der Waals surface area (Å²) < 4.78 is 40.9. The summed E-state index contributed by atoms with van der Waals surface area (Å²) in [4.78, 5) is 29.9. The third-order valence-electron chi connectivity index (χ3n) is 7.85. The molecule has 1 atom stereocenters. The summed E-state index contributed by atoms with van der Waals surface area (Å²) >= 11 is 0. The maximum absolute atomic E-state index is 14.6. The largest absolute Gasteiger partial charge is 0.486 e. The Kier molecular flexibility index (Phi) is 10.6. The first kappa shape index (κ1) is 32.6. The number of ether oxygens (including phenoxy) is 2. The maximum Gasteiger partial charge on any atom is 0.264 e.